The third-order valence-electron chi connectivity index (χ3n) is 3.67. The lowest BCUT2D eigenvalue weighted by Gasteiger charge is -2.10. The number of rotatable bonds is 7. The molecule has 28 heavy (non-hydrogen) atoms. The highest BCUT2D eigenvalue weighted by molar-refractivity contribution is 8.02. The van der Waals surface area contributed by atoms with Crippen LogP contribution in [0.15, 0.2) is 52.9 Å². The Balaban J connectivity index is 1.59. The van der Waals surface area contributed by atoms with E-state index in [1.807, 2.05) is 0 Å². The zero-order chi connectivity index (χ0) is 20.1. The highest BCUT2D eigenvalue weighted by atomic mass is 32.2. The predicted octanol–water partition coefficient (Wildman–Crippen LogP) is 4.74. The maximum Gasteiger partial charge on any atom is 0.237 e. The van der Waals surface area contributed by atoms with Crippen molar-refractivity contribution >= 4 is 51.3 Å². The van der Waals surface area contributed by atoms with Gasteiger partial charge in [0.15, 0.2) is 10.1 Å². The van der Waals surface area contributed by atoms with E-state index in [1.165, 1.54) is 42.2 Å². The molecule has 6 nitrogen and oxygen atoms in total. The van der Waals surface area contributed by atoms with Crippen molar-refractivity contribution in [2.75, 3.05) is 10.6 Å². The van der Waals surface area contributed by atoms with E-state index in [0.717, 1.165) is 0 Å². The first-order valence-corrected chi connectivity index (χ1v) is 10.0. The Morgan fingerprint density at radius 1 is 1.11 bits per heavy atom. The number of amides is 1. The van der Waals surface area contributed by atoms with E-state index >= 15 is 0 Å². The van der Waals surface area contributed by atoms with Gasteiger partial charge in [-0.05, 0) is 44.2 Å². The molecule has 2 aromatic carbocycles. The molecule has 0 aliphatic heterocycles. The maximum absolute atomic E-state index is 13.2. The summed E-state index contributed by atoms with van der Waals surface area (Å²) in [6.45, 7) is 3.24. The number of carbonyl (C=O) groups excluding carboxylic acids is 2. The molecular formula is C19H17FN4O2S2. The molecule has 1 aromatic heterocycles. The summed E-state index contributed by atoms with van der Waals surface area (Å²) < 4.78 is 13.9. The summed E-state index contributed by atoms with van der Waals surface area (Å²) >= 11 is 2.54. The van der Waals surface area contributed by atoms with Gasteiger partial charge in [-0.3, -0.25) is 9.59 Å². The van der Waals surface area contributed by atoms with Crippen LogP contribution in [0, 0.1) is 5.82 Å². The molecular weight excluding hydrogens is 399 g/mol. The molecule has 2 N–H and O–H groups in total. The molecule has 0 spiro atoms. The number of hydrogen-bond donors (Lipinski definition) is 2. The van der Waals surface area contributed by atoms with Crippen LogP contribution in [-0.4, -0.2) is 27.1 Å². The Morgan fingerprint density at radius 2 is 1.86 bits per heavy atom. The van der Waals surface area contributed by atoms with Gasteiger partial charge in [-0.1, -0.05) is 41.3 Å². The molecule has 0 fully saturated rings. The molecule has 0 radical (unpaired) electrons. The van der Waals surface area contributed by atoms with Gasteiger partial charge < -0.3 is 10.6 Å². The van der Waals surface area contributed by atoms with Crippen molar-refractivity contribution in [1.82, 2.24) is 10.2 Å². The van der Waals surface area contributed by atoms with E-state index in [0.29, 0.717) is 26.4 Å². The Kier molecular flexibility index (Phi) is 6.37. The maximum atomic E-state index is 13.2. The van der Waals surface area contributed by atoms with Gasteiger partial charge >= 0.3 is 0 Å². The lowest BCUT2D eigenvalue weighted by molar-refractivity contribution is -0.115. The molecule has 3 rings (SSSR count). The average molecular weight is 417 g/mol. The van der Waals surface area contributed by atoms with Gasteiger partial charge in [-0.25, -0.2) is 4.39 Å². The molecule has 0 saturated carbocycles. The minimum Gasteiger partial charge on any atom is -0.330 e. The van der Waals surface area contributed by atoms with E-state index in [2.05, 4.69) is 20.8 Å². The number of ketones is 1. The van der Waals surface area contributed by atoms with Gasteiger partial charge in [0.05, 0.1) is 5.25 Å². The topological polar surface area (TPSA) is 84.0 Å². The first kappa shape index (κ1) is 20.0. The summed E-state index contributed by atoms with van der Waals surface area (Å²) in [5.74, 6) is -0.616. The van der Waals surface area contributed by atoms with Crippen LogP contribution >= 0.6 is 23.1 Å². The molecule has 0 unspecified atom stereocenters. The Hall–Kier alpha value is -2.78. The van der Waals surface area contributed by atoms with Crippen molar-refractivity contribution in [2.24, 2.45) is 0 Å². The lowest BCUT2D eigenvalue weighted by atomic mass is 10.1. The molecule has 0 aliphatic carbocycles. The molecule has 9 heteroatoms. The van der Waals surface area contributed by atoms with Gasteiger partial charge in [-0.15, -0.1) is 10.2 Å². The number of anilines is 3. The molecule has 1 amide bonds. The van der Waals surface area contributed by atoms with E-state index in [1.54, 1.807) is 43.3 Å². The smallest absolute Gasteiger partial charge is 0.237 e. The Bertz CT molecular complexity index is 1010. The van der Waals surface area contributed by atoms with Crippen LogP contribution in [0.5, 0.6) is 0 Å². The number of hydrogen-bond acceptors (Lipinski definition) is 7. The minimum atomic E-state index is -0.420. The molecule has 144 valence electrons. The van der Waals surface area contributed by atoms with Crippen LogP contribution in [-0.2, 0) is 4.79 Å². The third-order valence-corrected chi connectivity index (χ3v) is 5.69. The zero-order valence-electron chi connectivity index (χ0n) is 15.1. The van der Waals surface area contributed by atoms with Crippen molar-refractivity contribution in [3.05, 3.63) is 59.9 Å². The highest BCUT2D eigenvalue weighted by Gasteiger charge is 2.18. The van der Waals surface area contributed by atoms with E-state index in [9.17, 15) is 14.0 Å². The molecule has 0 saturated heterocycles. The Morgan fingerprint density at radius 3 is 2.61 bits per heavy atom. The SMILES string of the molecule is CC(=O)c1cccc(NC(=O)[C@@H](C)Sc2nnc(Nc3cccc(F)c3)s2)c1. The summed E-state index contributed by atoms with van der Waals surface area (Å²) in [5.41, 5.74) is 1.68. The summed E-state index contributed by atoms with van der Waals surface area (Å²) in [5, 5.41) is 13.9. The van der Waals surface area contributed by atoms with Crippen LogP contribution < -0.4 is 10.6 Å². The fraction of sp³-hybridized carbons (Fsp3) is 0.158. The number of benzene rings is 2. The van der Waals surface area contributed by atoms with Crippen LogP contribution in [0.1, 0.15) is 24.2 Å². The van der Waals surface area contributed by atoms with E-state index in [4.69, 9.17) is 0 Å². The molecule has 3 aromatic rings. The van der Waals surface area contributed by atoms with E-state index < -0.39 is 5.25 Å². The summed E-state index contributed by atoms with van der Waals surface area (Å²) in [7, 11) is 0. The monoisotopic (exact) mass is 416 g/mol. The normalized spacial score (nSPS) is 11.7. The van der Waals surface area contributed by atoms with Crippen molar-refractivity contribution in [3.63, 3.8) is 0 Å². The first-order chi connectivity index (χ1) is 13.4. The number of nitrogens with one attached hydrogen (secondary N) is 2. The van der Waals surface area contributed by atoms with Gasteiger partial charge in [0.25, 0.3) is 0 Å². The van der Waals surface area contributed by atoms with Crippen LogP contribution in [0.4, 0.5) is 20.9 Å². The Labute approximate surface area is 169 Å². The van der Waals surface area contributed by atoms with Gasteiger partial charge in [0.1, 0.15) is 5.82 Å². The first-order valence-electron chi connectivity index (χ1n) is 8.35. The van der Waals surface area contributed by atoms with Crippen molar-refractivity contribution in [2.45, 2.75) is 23.4 Å². The van der Waals surface area contributed by atoms with Crippen molar-refractivity contribution in [3.8, 4) is 0 Å². The minimum absolute atomic E-state index is 0.0642. The second kappa shape index (κ2) is 8.94. The fourth-order valence-corrected chi connectivity index (χ4v) is 4.18. The molecule has 0 aliphatic rings. The van der Waals surface area contributed by atoms with Crippen molar-refractivity contribution in [1.29, 1.82) is 0 Å². The number of nitrogens with zero attached hydrogens (tertiary/aromatic N) is 2. The highest BCUT2D eigenvalue weighted by Crippen LogP contribution is 2.31. The number of thioether (sulfide) groups is 1. The molecule has 1 atom stereocenters. The lowest BCUT2D eigenvalue weighted by Crippen LogP contribution is -2.22. The van der Waals surface area contributed by atoms with Crippen molar-refractivity contribution < 1.29 is 14.0 Å². The molecule has 1 heterocycles. The van der Waals surface area contributed by atoms with Gasteiger partial charge in [-0.2, -0.15) is 0 Å². The number of Topliss-reactive ketones (excluding diaryl/α,β-unsaturated/α-hetero) is 1. The summed E-state index contributed by atoms with van der Waals surface area (Å²) in [6.07, 6.45) is 0. The number of aromatic nitrogens is 2. The number of carbonyl (C=O) groups is 2. The average Bonchev–Trinajstić information content (AvgIpc) is 3.08. The fourth-order valence-electron chi connectivity index (χ4n) is 2.26. The summed E-state index contributed by atoms with van der Waals surface area (Å²) in [4.78, 5) is 23.9. The molecule has 0 bridgehead atoms. The largest absolute Gasteiger partial charge is 0.330 e. The zero-order valence-corrected chi connectivity index (χ0v) is 16.7. The van der Waals surface area contributed by atoms with Gasteiger partial charge in [0, 0.05) is 16.9 Å². The number of halogens is 1. The second-order valence-electron chi connectivity index (χ2n) is 5.89. The third kappa shape index (κ3) is 5.37. The van der Waals surface area contributed by atoms with Crippen LogP contribution in [0.25, 0.3) is 0 Å². The van der Waals surface area contributed by atoms with Gasteiger partial charge in [0.2, 0.25) is 11.0 Å². The predicted molar refractivity (Wildman–Crippen MR) is 110 cm³/mol. The standard InChI is InChI=1S/C19H17FN4O2S2/c1-11(25)13-5-3-7-15(9-13)21-17(26)12(2)27-19-24-23-18(28-19)22-16-8-4-6-14(20)10-16/h3-10,12H,1-2H3,(H,21,26)(H,22,23)/t12-/m1/s1. The quantitative estimate of drug-likeness (QED) is 0.427. The second-order valence-corrected chi connectivity index (χ2v) is 8.46. The summed E-state index contributed by atoms with van der Waals surface area (Å²) in [6, 6.07) is 12.8. The van der Waals surface area contributed by atoms with E-state index in [-0.39, 0.29) is 17.5 Å². The van der Waals surface area contributed by atoms with Crippen LogP contribution in [0.3, 0.4) is 0 Å². The van der Waals surface area contributed by atoms with Crippen LogP contribution in [0.2, 0.25) is 0 Å².